The van der Waals surface area contributed by atoms with Crippen LogP contribution in [0.15, 0.2) is 60.9 Å². The summed E-state index contributed by atoms with van der Waals surface area (Å²) in [5.74, 6) is 1.77. The Hall–Kier alpha value is -2.83. The molecular formula is C28H37N3O3. The molecule has 0 saturated carbocycles. The van der Waals surface area contributed by atoms with Gasteiger partial charge in [-0.25, -0.2) is 0 Å². The Morgan fingerprint density at radius 1 is 1.03 bits per heavy atom. The predicted octanol–water partition coefficient (Wildman–Crippen LogP) is 4.77. The minimum absolute atomic E-state index is 0.344. The molecular weight excluding hydrogens is 426 g/mol. The number of rotatable bonds is 10. The number of hydrogen-bond acceptors (Lipinski definition) is 5. The zero-order chi connectivity index (χ0) is 23.8. The van der Waals surface area contributed by atoms with Crippen molar-refractivity contribution in [2.75, 3.05) is 26.3 Å². The fourth-order valence-corrected chi connectivity index (χ4v) is 4.51. The molecule has 1 aliphatic heterocycles. The summed E-state index contributed by atoms with van der Waals surface area (Å²) in [6.45, 7) is 8.74. The smallest absolute Gasteiger partial charge is 0.122 e. The topological polar surface area (TPSA) is 59.8 Å². The van der Waals surface area contributed by atoms with Crippen LogP contribution in [0.1, 0.15) is 42.4 Å². The average Bonchev–Trinajstić information content (AvgIpc) is 3.27. The van der Waals surface area contributed by atoms with Crippen LogP contribution in [-0.2, 0) is 13.1 Å². The summed E-state index contributed by atoms with van der Waals surface area (Å²) in [6, 6.07) is 16.5. The summed E-state index contributed by atoms with van der Waals surface area (Å²) < 4.78 is 13.8. The van der Waals surface area contributed by atoms with Crippen LogP contribution >= 0.6 is 0 Å². The molecule has 1 fully saturated rings. The first-order valence-corrected chi connectivity index (χ1v) is 12.3. The number of aryl methyl sites for hydroxylation is 3. The highest BCUT2D eigenvalue weighted by atomic mass is 16.5. The van der Waals surface area contributed by atoms with Crippen molar-refractivity contribution in [3.05, 3.63) is 77.6 Å². The molecule has 1 aromatic heterocycles. The molecule has 6 nitrogen and oxygen atoms in total. The molecule has 182 valence electrons. The standard InChI is InChI=1S/C28H37N3O3/c1-23-6-11-27(24(2)20-23)34-22-28(32)12-3-15-30(18-13-28)21-25-7-9-26(10-8-25)33-19-5-17-31-16-4-14-29-31/h4,6-11,14,16,20,32H,3,5,12-13,15,17-19,21-22H2,1-2H3. The highest BCUT2D eigenvalue weighted by Gasteiger charge is 2.31. The number of hydrogen-bond donors (Lipinski definition) is 1. The number of benzene rings is 2. The van der Waals surface area contributed by atoms with Gasteiger partial charge in [0.2, 0.25) is 0 Å². The zero-order valence-electron chi connectivity index (χ0n) is 20.4. The Balaban J connectivity index is 1.20. The third-order valence-electron chi connectivity index (χ3n) is 6.53. The Morgan fingerprint density at radius 2 is 1.88 bits per heavy atom. The average molecular weight is 464 g/mol. The minimum atomic E-state index is -0.778. The molecule has 1 aliphatic rings. The number of ether oxygens (including phenoxy) is 2. The van der Waals surface area contributed by atoms with E-state index in [-0.39, 0.29) is 0 Å². The Labute approximate surface area is 203 Å². The van der Waals surface area contributed by atoms with E-state index in [1.807, 2.05) is 23.0 Å². The van der Waals surface area contributed by atoms with E-state index >= 15 is 0 Å². The molecule has 0 bridgehead atoms. The third-order valence-corrected chi connectivity index (χ3v) is 6.53. The van der Waals surface area contributed by atoms with Crippen molar-refractivity contribution in [2.24, 2.45) is 0 Å². The van der Waals surface area contributed by atoms with E-state index in [4.69, 9.17) is 9.47 Å². The first-order chi connectivity index (χ1) is 16.5. The lowest BCUT2D eigenvalue weighted by Gasteiger charge is -2.27. The van der Waals surface area contributed by atoms with Gasteiger partial charge < -0.3 is 14.6 Å². The van der Waals surface area contributed by atoms with Crippen LogP contribution in [0.5, 0.6) is 11.5 Å². The first-order valence-electron chi connectivity index (χ1n) is 12.3. The van der Waals surface area contributed by atoms with Gasteiger partial charge in [0.05, 0.1) is 12.2 Å². The van der Waals surface area contributed by atoms with Crippen LogP contribution in [0.3, 0.4) is 0 Å². The highest BCUT2D eigenvalue weighted by molar-refractivity contribution is 5.35. The normalized spacial score (nSPS) is 19.0. The van der Waals surface area contributed by atoms with E-state index in [0.717, 1.165) is 68.9 Å². The molecule has 0 aliphatic carbocycles. The maximum atomic E-state index is 11.2. The number of aliphatic hydroxyl groups is 1. The van der Waals surface area contributed by atoms with E-state index in [0.29, 0.717) is 13.2 Å². The molecule has 34 heavy (non-hydrogen) atoms. The van der Waals surface area contributed by atoms with Crippen molar-refractivity contribution in [1.82, 2.24) is 14.7 Å². The molecule has 0 amide bonds. The van der Waals surface area contributed by atoms with Gasteiger partial charge in [-0.1, -0.05) is 29.8 Å². The van der Waals surface area contributed by atoms with E-state index in [9.17, 15) is 5.11 Å². The van der Waals surface area contributed by atoms with Gasteiger partial charge in [0.15, 0.2) is 0 Å². The molecule has 1 atom stereocenters. The Morgan fingerprint density at radius 3 is 2.65 bits per heavy atom. The van der Waals surface area contributed by atoms with Crippen molar-refractivity contribution in [1.29, 1.82) is 0 Å². The minimum Gasteiger partial charge on any atom is -0.494 e. The van der Waals surface area contributed by atoms with E-state index in [1.165, 1.54) is 11.1 Å². The first kappa shape index (κ1) is 24.3. The maximum Gasteiger partial charge on any atom is 0.122 e. The number of likely N-dealkylation sites (tertiary alicyclic amines) is 1. The van der Waals surface area contributed by atoms with Gasteiger partial charge in [0, 0.05) is 38.4 Å². The third kappa shape index (κ3) is 7.08. The maximum absolute atomic E-state index is 11.2. The van der Waals surface area contributed by atoms with Crippen LogP contribution in [0, 0.1) is 13.8 Å². The Kier molecular flexibility index (Phi) is 8.25. The molecule has 4 rings (SSSR count). The van der Waals surface area contributed by atoms with E-state index in [1.54, 1.807) is 6.20 Å². The van der Waals surface area contributed by atoms with Crippen molar-refractivity contribution in [3.8, 4) is 11.5 Å². The van der Waals surface area contributed by atoms with Crippen molar-refractivity contribution >= 4 is 0 Å². The van der Waals surface area contributed by atoms with Gasteiger partial charge in [0.1, 0.15) is 18.1 Å². The highest BCUT2D eigenvalue weighted by Crippen LogP contribution is 2.26. The zero-order valence-corrected chi connectivity index (χ0v) is 20.4. The SMILES string of the molecule is Cc1ccc(OCC2(O)CCCN(Cc3ccc(OCCCn4cccn4)cc3)CC2)c(C)c1. The van der Waals surface area contributed by atoms with Gasteiger partial charge in [-0.3, -0.25) is 9.58 Å². The van der Waals surface area contributed by atoms with Gasteiger partial charge >= 0.3 is 0 Å². The molecule has 0 spiro atoms. The lowest BCUT2D eigenvalue weighted by atomic mass is 9.96. The Bertz CT molecular complexity index is 1020. The van der Waals surface area contributed by atoms with Crippen LogP contribution in [0.4, 0.5) is 0 Å². The second-order valence-electron chi connectivity index (χ2n) is 9.53. The van der Waals surface area contributed by atoms with E-state index < -0.39 is 5.60 Å². The summed E-state index contributed by atoms with van der Waals surface area (Å²) in [6.07, 6.45) is 7.13. The van der Waals surface area contributed by atoms with Crippen molar-refractivity contribution < 1.29 is 14.6 Å². The van der Waals surface area contributed by atoms with Crippen LogP contribution in [0.2, 0.25) is 0 Å². The lowest BCUT2D eigenvalue weighted by molar-refractivity contribution is -0.0170. The number of aromatic nitrogens is 2. The molecule has 2 aromatic carbocycles. The van der Waals surface area contributed by atoms with Gasteiger partial charge in [-0.2, -0.15) is 5.10 Å². The molecule has 1 N–H and O–H groups in total. The van der Waals surface area contributed by atoms with Crippen LogP contribution in [-0.4, -0.2) is 51.7 Å². The predicted molar refractivity (Wildman–Crippen MR) is 134 cm³/mol. The van der Waals surface area contributed by atoms with Crippen molar-refractivity contribution in [3.63, 3.8) is 0 Å². The summed E-state index contributed by atoms with van der Waals surface area (Å²) in [5, 5.41) is 15.4. The molecule has 3 aromatic rings. The molecule has 0 radical (unpaired) electrons. The van der Waals surface area contributed by atoms with Gasteiger partial charge in [0.25, 0.3) is 0 Å². The lowest BCUT2D eigenvalue weighted by Crippen LogP contribution is -2.37. The summed E-state index contributed by atoms with van der Waals surface area (Å²) in [7, 11) is 0. The fourth-order valence-electron chi connectivity index (χ4n) is 4.51. The summed E-state index contributed by atoms with van der Waals surface area (Å²) in [5.41, 5.74) is 2.82. The fraction of sp³-hybridized carbons (Fsp3) is 0.464. The molecule has 1 saturated heterocycles. The van der Waals surface area contributed by atoms with E-state index in [2.05, 4.69) is 60.2 Å². The quantitative estimate of drug-likeness (QED) is 0.439. The summed E-state index contributed by atoms with van der Waals surface area (Å²) >= 11 is 0. The largest absolute Gasteiger partial charge is 0.494 e. The molecule has 2 heterocycles. The van der Waals surface area contributed by atoms with Gasteiger partial charge in [-0.05, 0) is 75.0 Å². The molecule has 1 unspecified atom stereocenters. The monoisotopic (exact) mass is 463 g/mol. The second-order valence-corrected chi connectivity index (χ2v) is 9.53. The van der Waals surface area contributed by atoms with Crippen LogP contribution in [0.25, 0.3) is 0 Å². The molecule has 6 heteroatoms. The van der Waals surface area contributed by atoms with Crippen LogP contribution < -0.4 is 9.47 Å². The van der Waals surface area contributed by atoms with Gasteiger partial charge in [-0.15, -0.1) is 0 Å². The number of nitrogens with zero attached hydrogens (tertiary/aromatic N) is 3. The summed E-state index contributed by atoms with van der Waals surface area (Å²) in [4.78, 5) is 2.43. The van der Waals surface area contributed by atoms with Crippen molar-refractivity contribution in [2.45, 2.75) is 58.2 Å². The second kappa shape index (κ2) is 11.5.